The minimum absolute atomic E-state index is 0.345. The maximum atomic E-state index is 13.2. The quantitative estimate of drug-likeness (QED) is 0.337. The largest absolute Gasteiger partial charge is 0.439 e. The van der Waals surface area contributed by atoms with E-state index >= 15 is 0 Å². The molecule has 0 bridgehead atoms. The summed E-state index contributed by atoms with van der Waals surface area (Å²) in [6.07, 6.45) is 2.66. The number of rotatable bonds is 8. The molecule has 0 aliphatic rings. The number of hydrogen-bond donors (Lipinski definition) is 2. The lowest BCUT2D eigenvalue weighted by Crippen LogP contribution is -2.37. The van der Waals surface area contributed by atoms with Gasteiger partial charge in [-0.05, 0) is 44.0 Å². The molecule has 158 valence electrons. The standard InChI is InChI=1S/C22H27FN6O/c1-16-12-17(2)29(28-16)11-5-10-25-22(24-3)27-15-18-8-9-21(26-14-18)30-20-7-4-6-19(23)13-20/h4,6-9,12-14H,5,10-11,15H2,1-3H3,(H2,24,25,27). The predicted octanol–water partition coefficient (Wildman–Crippen LogP) is 3.58. The number of pyridine rings is 1. The van der Waals surface area contributed by atoms with E-state index in [4.69, 9.17) is 4.74 Å². The van der Waals surface area contributed by atoms with Crippen molar-refractivity contribution in [2.75, 3.05) is 13.6 Å². The summed E-state index contributed by atoms with van der Waals surface area (Å²) < 4.78 is 20.8. The molecule has 0 fully saturated rings. The number of nitrogens with one attached hydrogen (secondary N) is 2. The summed E-state index contributed by atoms with van der Waals surface area (Å²) in [4.78, 5) is 8.51. The molecule has 8 heteroatoms. The van der Waals surface area contributed by atoms with Crippen molar-refractivity contribution in [2.24, 2.45) is 4.99 Å². The summed E-state index contributed by atoms with van der Waals surface area (Å²) in [5.74, 6) is 1.21. The topological polar surface area (TPSA) is 76.4 Å². The minimum atomic E-state index is -0.345. The maximum absolute atomic E-state index is 13.2. The molecular weight excluding hydrogens is 383 g/mol. The van der Waals surface area contributed by atoms with Crippen molar-refractivity contribution in [3.8, 4) is 11.6 Å². The molecule has 0 aliphatic heterocycles. The van der Waals surface area contributed by atoms with E-state index in [2.05, 4.69) is 38.7 Å². The SMILES string of the molecule is CN=C(NCCCn1nc(C)cc1C)NCc1ccc(Oc2cccc(F)c2)nc1. The minimum Gasteiger partial charge on any atom is -0.439 e. The molecular formula is C22H27FN6O. The number of hydrogen-bond acceptors (Lipinski definition) is 4. The second-order valence-electron chi connectivity index (χ2n) is 6.92. The Balaban J connectivity index is 1.41. The molecule has 0 unspecified atom stereocenters. The summed E-state index contributed by atoms with van der Waals surface area (Å²) in [5, 5.41) is 11.0. The van der Waals surface area contributed by atoms with Gasteiger partial charge in [-0.15, -0.1) is 0 Å². The van der Waals surface area contributed by atoms with Gasteiger partial charge in [0.2, 0.25) is 5.88 Å². The lowest BCUT2D eigenvalue weighted by atomic mass is 10.3. The van der Waals surface area contributed by atoms with Gasteiger partial charge in [0.15, 0.2) is 5.96 Å². The summed E-state index contributed by atoms with van der Waals surface area (Å²) in [5.41, 5.74) is 3.19. The number of aliphatic imine (C=N–C) groups is 1. The molecule has 0 spiro atoms. The van der Waals surface area contributed by atoms with Crippen molar-refractivity contribution in [2.45, 2.75) is 33.4 Å². The number of nitrogens with zero attached hydrogens (tertiary/aromatic N) is 4. The van der Waals surface area contributed by atoms with Crippen LogP contribution in [0.2, 0.25) is 0 Å². The molecule has 2 N–H and O–H groups in total. The van der Waals surface area contributed by atoms with Crippen molar-refractivity contribution >= 4 is 5.96 Å². The number of aromatic nitrogens is 3. The Morgan fingerprint density at radius 3 is 2.70 bits per heavy atom. The zero-order valence-corrected chi connectivity index (χ0v) is 17.5. The fraction of sp³-hybridized carbons (Fsp3) is 0.318. The van der Waals surface area contributed by atoms with Crippen molar-refractivity contribution in [3.05, 3.63) is 71.4 Å². The van der Waals surface area contributed by atoms with Crippen molar-refractivity contribution in [1.82, 2.24) is 25.4 Å². The Morgan fingerprint density at radius 2 is 2.03 bits per heavy atom. The van der Waals surface area contributed by atoms with Crippen LogP contribution < -0.4 is 15.4 Å². The first kappa shape index (κ1) is 21.3. The third kappa shape index (κ3) is 6.30. The van der Waals surface area contributed by atoms with Crippen LogP contribution in [0.4, 0.5) is 4.39 Å². The van der Waals surface area contributed by atoms with Gasteiger partial charge in [-0.3, -0.25) is 9.67 Å². The van der Waals surface area contributed by atoms with Gasteiger partial charge in [-0.2, -0.15) is 5.10 Å². The lowest BCUT2D eigenvalue weighted by Gasteiger charge is -2.12. The highest BCUT2D eigenvalue weighted by molar-refractivity contribution is 5.79. The van der Waals surface area contributed by atoms with E-state index in [0.717, 1.165) is 36.7 Å². The summed E-state index contributed by atoms with van der Waals surface area (Å²) in [6, 6.07) is 11.7. The molecule has 0 saturated heterocycles. The smallest absolute Gasteiger partial charge is 0.219 e. The van der Waals surface area contributed by atoms with Crippen LogP contribution >= 0.6 is 0 Å². The monoisotopic (exact) mass is 410 g/mol. The van der Waals surface area contributed by atoms with E-state index in [1.165, 1.54) is 17.8 Å². The van der Waals surface area contributed by atoms with E-state index in [-0.39, 0.29) is 5.82 Å². The maximum Gasteiger partial charge on any atom is 0.219 e. The molecule has 1 aromatic carbocycles. The van der Waals surface area contributed by atoms with Crippen LogP contribution in [-0.4, -0.2) is 34.3 Å². The van der Waals surface area contributed by atoms with E-state index in [9.17, 15) is 4.39 Å². The normalized spacial score (nSPS) is 11.4. The highest BCUT2D eigenvalue weighted by Crippen LogP contribution is 2.19. The van der Waals surface area contributed by atoms with Gasteiger partial charge in [0.05, 0.1) is 5.69 Å². The zero-order valence-electron chi connectivity index (χ0n) is 17.5. The second-order valence-corrected chi connectivity index (χ2v) is 6.92. The van der Waals surface area contributed by atoms with Crippen molar-refractivity contribution in [3.63, 3.8) is 0 Å². The van der Waals surface area contributed by atoms with Crippen molar-refractivity contribution < 1.29 is 9.13 Å². The first-order chi connectivity index (χ1) is 14.5. The van der Waals surface area contributed by atoms with E-state index < -0.39 is 0 Å². The zero-order chi connectivity index (χ0) is 21.3. The Morgan fingerprint density at radius 1 is 1.17 bits per heavy atom. The van der Waals surface area contributed by atoms with Gasteiger partial charge in [-0.25, -0.2) is 9.37 Å². The Kier molecular flexibility index (Phi) is 7.37. The van der Waals surface area contributed by atoms with Crippen LogP contribution in [0.1, 0.15) is 23.4 Å². The predicted molar refractivity (Wildman–Crippen MR) is 115 cm³/mol. The number of halogens is 1. The van der Waals surface area contributed by atoms with E-state index in [1.807, 2.05) is 17.7 Å². The van der Waals surface area contributed by atoms with Gasteiger partial charge in [0.1, 0.15) is 11.6 Å². The molecule has 7 nitrogen and oxygen atoms in total. The van der Waals surface area contributed by atoms with Crippen LogP contribution in [0.5, 0.6) is 11.6 Å². The van der Waals surface area contributed by atoms with Gasteiger partial charge in [0.25, 0.3) is 0 Å². The molecule has 30 heavy (non-hydrogen) atoms. The van der Waals surface area contributed by atoms with Gasteiger partial charge in [-0.1, -0.05) is 12.1 Å². The third-order valence-electron chi connectivity index (χ3n) is 4.44. The number of benzene rings is 1. The molecule has 0 aliphatic carbocycles. The third-order valence-corrected chi connectivity index (χ3v) is 4.44. The Hall–Kier alpha value is -3.42. The molecule has 3 aromatic rings. The molecule has 2 heterocycles. The van der Waals surface area contributed by atoms with Crippen LogP contribution in [0.15, 0.2) is 53.7 Å². The fourth-order valence-electron chi connectivity index (χ4n) is 2.97. The summed E-state index contributed by atoms with van der Waals surface area (Å²) in [7, 11) is 1.74. The van der Waals surface area contributed by atoms with Crippen LogP contribution in [0.3, 0.4) is 0 Å². The summed E-state index contributed by atoms with van der Waals surface area (Å²) >= 11 is 0. The molecule has 2 aromatic heterocycles. The van der Waals surface area contributed by atoms with Gasteiger partial charge >= 0.3 is 0 Å². The highest BCUT2D eigenvalue weighted by Gasteiger charge is 2.03. The first-order valence-electron chi connectivity index (χ1n) is 9.87. The van der Waals surface area contributed by atoms with E-state index in [1.54, 1.807) is 31.4 Å². The second kappa shape index (κ2) is 10.4. The average molecular weight is 410 g/mol. The Labute approximate surface area is 176 Å². The van der Waals surface area contributed by atoms with Crippen LogP contribution in [0.25, 0.3) is 0 Å². The summed E-state index contributed by atoms with van der Waals surface area (Å²) in [6.45, 7) is 6.29. The highest BCUT2D eigenvalue weighted by atomic mass is 19.1. The first-order valence-corrected chi connectivity index (χ1v) is 9.87. The number of aryl methyl sites for hydroxylation is 3. The van der Waals surface area contributed by atoms with Gasteiger partial charge < -0.3 is 15.4 Å². The number of ether oxygens (including phenoxy) is 1. The molecule has 0 radical (unpaired) electrons. The van der Waals surface area contributed by atoms with Crippen LogP contribution in [-0.2, 0) is 13.1 Å². The molecule has 0 amide bonds. The molecule has 3 rings (SSSR count). The van der Waals surface area contributed by atoms with Crippen molar-refractivity contribution in [1.29, 1.82) is 0 Å². The fourth-order valence-corrected chi connectivity index (χ4v) is 2.97. The van der Waals surface area contributed by atoms with E-state index in [0.29, 0.717) is 18.2 Å². The number of guanidine groups is 1. The average Bonchev–Trinajstić information content (AvgIpc) is 3.05. The molecule has 0 atom stereocenters. The molecule has 0 saturated carbocycles. The van der Waals surface area contributed by atoms with Crippen LogP contribution in [0, 0.1) is 19.7 Å². The Bertz CT molecular complexity index is 984. The van der Waals surface area contributed by atoms with Gasteiger partial charge in [0, 0.05) is 50.7 Å². The lowest BCUT2D eigenvalue weighted by molar-refractivity contribution is 0.457.